The van der Waals surface area contributed by atoms with E-state index in [0.717, 1.165) is 32.7 Å². The highest BCUT2D eigenvalue weighted by molar-refractivity contribution is 4.54. The molecule has 0 spiro atoms. The van der Waals surface area contributed by atoms with Crippen LogP contribution in [0.5, 0.6) is 0 Å². The first-order valence-corrected chi connectivity index (χ1v) is 5.25. The van der Waals surface area contributed by atoms with Crippen LogP contribution in [0.25, 0.3) is 0 Å². The fourth-order valence-electron chi connectivity index (χ4n) is 1.16. The molecule has 0 radical (unpaired) electrons. The molecule has 14 heavy (non-hydrogen) atoms. The minimum absolute atomic E-state index is 0.265. The molecule has 0 aromatic heterocycles. The second-order valence-corrected chi connectivity index (χ2v) is 3.12. The number of rotatable bonds is 10. The second kappa shape index (κ2) is 10.9. The van der Waals surface area contributed by atoms with Gasteiger partial charge in [-0.25, -0.2) is 0 Å². The van der Waals surface area contributed by atoms with Crippen molar-refractivity contribution >= 4 is 0 Å². The summed E-state index contributed by atoms with van der Waals surface area (Å²) in [6.45, 7) is 7.32. The van der Waals surface area contributed by atoms with Gasteiger partial charge in [0.05, 0.1) is 19.8 Å². The molecule has 0 heterocycles. The molecule has 0 saturated carbocycles. The molecule has 0 unspecified atom stereocenters. The molecule has 4 heteroatoms. The highest BCUT2D eigenvalue weighted by Gasteiger charge is 2.00. The molecule has 0 rings (SSSR count). The molecule has 0 aliphatic rings. The lowest BCUT2D eigenvalue weighted by Crippen LogP contribution is -2.29. The average Bonchev–Trinajstić information content (AvgIpc) is 2.22. The van der Waals surface area contributed by atoms with Crippen LogP contribution < -0.4 is 0 Å². The number of hydrogen-bond donors (Lipinski definition) is 1. The Morgan fingerprint density at radius 3 is 2.50 bits per heavy atom. The summed E-state index contributed by atoms with van der Waals surface area (Å²) in [6.07, 6.45) is 0.839. The van der Waals surface area contributed by atoms with Crippen LogP contribution in [-0.2, 0) is 9.47 Å². The van der Waals surface area contributed by atoms with Crippen molar-refractivity contribution in [3.63, 3.8) is 0 Å². The number of likely N-dealkylation sites (N-methyl/N-ethyl adjacent to an activating group) is 1. The van der Waals surface area contributed by atoms with E-state index >= 15 is 0 Å². The lowest BCUT2D eigenvalue weighted by molar-refractivity contribution is 0.0570. The van der Waals surface area contributed by atoms with Crippen molar-refractivity contribution in [3.05, 3.63) is 0 Å². The molecular formula is C10H23NO3. The van der Waals surface area contributed by atoms with Gasteiger partial charge < -0.3 is 19.5 Å². The van der Waals surface area contributed by atoms with Gasteiger partial charge in [0.2, 0.25) is 0 Å². The molecular weight excluding hydrogens is 182 g/mol. The Kier molecular flexibility index (Phi) is 10.8. The highest BCUT2D eigenvalue weighted by atomic mass is 16.5. The normalized spacial score (nSPS) is 11.1. The van der Waals surface area contributed by atoms with Gasteiger partial charge >= 0.3 is 0 Å². The maximum Gasteiger partial charge on any atom is 0.0700 e. The summed E-state index contributed by atoms with van der Waals surface area (Å²) in [4.78, 5) is 2.27. The van der Waals surface area contributed by atoms with Gasteiger partial charge in [-0.15, -0.1) is 0 Å². The Morgan fingerprint density at radius 1 is 1.14 bits per heavy atom. The second-order valence-electron chi connectivity index (χ2n) is 3.12. The summed E-state index contributed by atoms with van der Waals surface area (Å²) in [7, 11) is 1.67. The van der Waals surface area contributed by atoms with Crippen molar-refractivity contribution in [2.24, 2.45) is 0 Å². The molecule has 0 amide bonds. The molecule has 0 aromatic rings. The van der Waals surface area contributed by atoms with E-state index in [1.54, 1.807) is 7.11 Å². The molecule has 0 bridgehead atoms. The molecule has 4 nitrogen and oxygen atoms in total. The third-order valence-corrected chi connectivity index (χ3v) is 2.06. The predicted octanol–water partition coefficient (Wildman–Crippen LogP) is 0.354. The van der Waals surface area contributed by atoms with Crippen molar-refractivity contribution < 1.29 is 14.6 Å². The van der Waals surface area contributed by atoms with Crippen LogP contribution in [0.2, 0.25) is 0 Å². The minimum Gasteiger partial charge on any atom is -0.396 e. The zero-order valence-electron chi connectivity index (χ0n) is 9.37. The third kappa shape index (κ3) is 8.44. The molecule has 0 saturated heterocycles. The third-order valence-electron chi connectivity index (χ3n) is 2.06. The van der Waals surface area contributed by atoms with Gasteiger partial charge in [0.1, 0.15) is 0 Å². The minimum atomic E-state index is 0.265. The number of nitrogens with zero attached hydrogens (tertiary/aromatic N) is 1. The number of hydrogen-bond acceptors (Lipinski definition) is 4. The first kappa shape index (κ1) is 13.8. The molecule has 0 aliphatic heterocycles. The van der Waals surface area contributed by atoms with E-state index in [4.69, 9.17) is 14.6 Å². The number of ether oxygens (including phenoxy) is 2. The smallest absolute Gasteiger partial charge is 0.0700 e. The summed E-state index contributed by atoms with van der Waals surface area (Å²) in [6, 6.07) is 0. The molecule has 0 atom stereocenters. The molecule has 0 aliphatic carbocycles. The maximum absolute atomic E-state index is 8.68. The van der Waals surface area contributed by atoms with E-state index in [0.29, 0.717) is 13.2 Å². The van der Waals surface area contributed by atoms with Crippen LogP contribution in [0.3, 0.4) is 0 Å². The Morgan fingerprint density at radius 2 is 1.93 bits per heavy atom. The van der Waals surface area contributed by atoms with Gasteiger partial charge in [-0.1, -0.05) is 6.92 Å². The number of methoxy groups -OCH3 is 1. The topological polar surface area (TPSA) is 41.9 Å². The van der Waals surface area contributed by atoms with Crippen molar-refractivity contribution in [2.75, 3.05) is 53.2 Å². The van der Waals surface area contributed by atoms with Crippen LogP contribution in [0.4, 0.5) is 0 Å². The van der Waals surface area contributed by atoms with Gasteiger partial charge in [-0.2, -0.15) is 0 Å². The van der Waals surface area contributed by atoms with Gasteiger partial charge in [-0.3, -0.25) is 0 Å². The summed E-state index contributed by atoms with van der Waals surface area (Å²) in [5.41, 5.74) is 0. The molecule has 86 valence electrons. The van der Waals surface area contributed by atoms with E-state index in [1.807, 2.05) is 0 Å². The predicted molar refractivity (Wildman–Crippen MR) is 56.5 cm³/mol. The van der Waals surface area contributed by atoms with Crippen LogP contribution >= 0.6 is 0 Å². The van der Waals surface area contributed by atoms with Crippen molar-refractivity contribution in [2.45, 2.75) is 13.3 Å². The highest BCUT2D eigenvalue weighted by Crippen LogP contribution is 1.91. The summed E-state index contributed by atoms with van der Waals surface area (Å²) in [5.74, 6) is 0. The SMILES string of the molecule is CCN(CCCO)CCOCCOC. The Labute approximate surface area is 86.8 Å². The van der Waals surface area contributed by atoms with Crippen LogP contribution in [-0.4, -0.2) is 63.2 Å². The van der Waals surface area contributed by atoms with Crippen LogP contribution in [0.15, 0.2) is 0 Å². The van der Waals surface area contributed by atoms with Gasteiger partial charge in [-0.05, 0) is 13.0 Å². The maximum atomic E-state index is 8.68. The van der Waals surface area contributed by atoms with Crippen LogP contribution in [0, 0.1) is 0 Å². The van der Waals surface area contributed by atoms with Gasteiger partial charge in [0.25, 0.3) is 0 Å². The number of aliphatic hydroxyl groups is 1. The Hall–Kier alpha value is -0.160. The zero-order chi connectivity index (χ0) is 10.6. The quantitative estimate of drug-likeness (QED) is 0.523. The standard InChI is InChI=1S/C10H23NO3/c1-3-11(5-4-7-12)6-8-14-10-9-13-2/h12H,3-10H2,1-2H3. The van der Waals surface area contributed by atoms with E-state index < -0.39 is 0 Å². The largest absolute Gasteiger partial charge is 0.396 e. The first-order chi connectivity index (χ1) is 6.85. The molecule has 0 aromatic carbocycles. The van der Waals surface area contributed by atoms with E-state index in [-0.39, 0.29) is 6.61 Å². The monoisotopic (exact) mass is 205 g/mol. The lowest BCUT2D eigenvalue weighted by Gasteiger charge is -2.19. The van der Waals surface area contributed by atoms with Crippen LogP contribution in [0.1, 0.15) is 13.3 Å². The molecule has 1 N–H and O–H groups in total. The fourth-order valence-corrected chi connectivity index (χ4v) is 1.16. The van der Waals surface area contributed by atoms with Gasteiger partial charge in [0.15, 0.2) is 0 Å². The zero-order valence-corrected chi connectivity index (χ0v) is 9.37. The summed E-state index contributed by atoms with van der Waals surface area (Å²) in [5, 5.41) is 8.68. The fraction of sp³-hybridized carbons (Fsp3) is 1.00. The van der Waals surface area contributed by atoms with Crippen molar-refractivity contribution in [1.29, 1.82) is 0 Å². The average molecular weight is 205 g/mol. The van der Waals surface area contributed by atoms with E-state index in [9.17, 15) is 0 Å². The summed E-state index contributed by atoms with van der Waals surface area (Å²) >= 11 is 0. The number of aliphatic hydroxyl groups excluding tert-OH is 1. The van der Waals surface area contributed by atoms with Crippen molar-refractivity contribution in [3.8, 4) is 0 Å². The summed E-state index contributed by atoms with van der Waals surface area (Å²) < 4.78 is 10.2. The Bertz CT molecular complexity index is 112. The Balaban J connectivity index is 3.24. The van der Waals surface area contributed by atoms with Crippen molar-refractivity contribution in [1.82, 2.24) is 4.90 Å². The van der Waals surface area contributed by atoms with Gasteiger partial charge in [0, 0.05) is 26.8 Å². The van der Waals surface area contributed by atoms with E-state index in [1.165, 1.54) is 0 Å². The first-order valence-electron chi connectivity index (χ1n) is 5.25. The molecule has 0 fully saturated rings. The van der Waals surface area contributed by atoms with E-state index in [2.05, 4.69) is 11.8 Å². The lowest BCUT2D eigenvalue weighted by atomic mass is 10.4.